The maximum Gasteiger partial charge on any atom is 0.119 e. The molecule has 0 aliphatic carbocycles. The Labute approximate surface area is 108 Å². The minimum absolute atomic E-state index is 0.645. The fourth-order valence-electron chi connectivity index (χ4n) is 2.86. The third kappa shape index (κ3) is 1.99. The van der Waals surface area contributed by atoms with E-state index in [4.69, 9.17) is 4.74 Å². The highest BCUT2D eigenvalue weighted by Crippen LogP contribution is 2.29. The molecule has 0 atom stereocenters. The number of hydrogen-bond acceptors (Lipinski definition) is 2. The Hall–Kier alpha value is -1.48. The molecule has 0 saturated carbocycles. The van der Waals surface area contributed by atoms with Gasteiger partial charge in [0.05, 0.1) is 7.11 Å². The first-order valence-corrected chi connectivity index (χ1v) is 6.61. The smallest absolute Gasteiger partial charge is 0.119 e. The zero-order chi connectivity index (χ0) is 12.5. The van der Waals surface area contributed by atoms with Crippen molar-refractivity contribution in [3.63, 3.8) is 0 Å². The van der Waals surface area contributed by atoms with E-state index >= 15 is 0 Å². The highest BCUT2D eigenvalue weighted by atomic mass is 16.5. The van der Waals surface area contributed by atoms with E-state index in [0.717, 1.165) is 5.75 Å². The summed E-state index contributed by atoms with van der Waals surface area (Å²) >= 11 is 0. The van der Waals surface area contributed by atoms with Crippen LogP contribution in [0.15, 0.2) is 30.5 Å². The Balaban J connectivity index is 1.93. The van der Waals surface area contributed by atoms with Crippen molar-refractivity contribution in [3.05, 3.63) is 30.5 Å². The molecule has 18 heavy (non-hydrogen) atoms. The Morgan fingerprint density at radius 2 is 1.94 bits per heavy atom. The van der Waals surface area contributed by atoms with Crippen LogP contribution in [0.25, 0.3) is 10.9 Å². The summed E-state index contributed by atoms with van der Waals surface area (Å²) in [5, 5.41) is 1.27. The van der Waals surface area contributed by atoms with Crippen LogP contribution in [0, 0.1) is 0 Å². The average Bonchev–Trinajstić information content (AvgIpc) is 2.82. The van der Waals surface area contributed by atoms with Crippen LogP contribution >= 0.6 is 0 Å². The van der Waals surface area contributed by atoms with Gasteiger partial charge >= 0.3 is 0 Å². The first kappa shape index (κ1) is 11.6. The van der Waals surface area contributed by atoms with Crippen molar-refractivity contribution in [2.45, 2.75) is 18.9 Å². The van der Waals surface area contributed by atoms with E-state index in [1.54, 1.807) is 7.11 Å². The summed E-state index contributed by atoms with van der Waals surface area (Å²) in [5.74, 6) is 0.934. The van der Waals surface area contributed by atoms with Crippen molar-refractivity contribution in [2.75, 3.05) is 27.2 Å². The van der Waals surface area contributed by atoms with Crippen LogP contribution in [0.2, 0.25) is 0 Å². The predicted octanol–water partition coefficient (Wildman–Crippen LogP) is 2.92. The van der Waals surface area contributed by atoms with E-state index in [0.29, 0.717) is 6.04 Å². The Bertz CT molecular complexity index is 538. The van der Waals surface area contributed by atoms with Crippen molar-refractivity contribution >= 4 is 10.9 Å². The number of piperidine rings is 1. The van der Waals surface area contributed by atoms with E-state index < -0.39 is 0 Å². The van der Waals surface area contributed by atoms with Crippen LogP contribution in [-0.4, -0.2) is 36.7 Å². The van der Waals surface area contributed by atoms with Gasteiger partial charge in [0.25, 0.3) is 0 Å². The molecule has 1 aliphatic rings. The Morgan fingerprint density at radius 1 is 1.17 bits per heavy atom. The Morgan fingerprint density at radius 3 is 2.67 bits per heavy atom. The lowest BCUT2D eigenvalue weighted by atomic mass is 10.1. The van der Waals surface area contributed by atoms with E-state index in [1.807, 2.05) is 6.07 Å². The molecule has 0 radical (unpaired) electrons. The van der Waals surface area contributed by atoms with Gasteiger partial charge in [-0.05, 0) is 57.2 Å². The maximum absolute atomic E-state index is 5.28. The van der Waals surface area contributed by atoms with Gasteiger partial charge in [-0.25, -0.2) is 0 Å². The fourth-order valence-corrected chi connectivity index (χ4v) is 2.86. The molecule has 96 valence electrons. The first-order valence-electron chi connectivity index (χ1n) is 6.61. The second kappa shape index (κ2) is 4.65. The average molecular weight is 244 g/mol. The number of benzene rings is 1. The summed E-state index contributed by atoms with van der Waals surface area (Å²) in [6, 6.07) is 9.17. The lowest BCUT2D eigenvalue weighted by molar-refractivity contribution is 0.224. The SMILES string of the molecule is COc1ccc2c(ccn2C2CCN(C)CC2)c1. The molecule has 3 heteroatoms. The van der Waals surface area contributed by atoms with Gasteiger partial charge in [0.1, 0.15) is 5.75 Å². The molecule has 2 heterocycles. The quantitative estimate of drug-likeness (QED) is 0.808. The number of likely N-dealkylation sites (tertiary alicyclic amines) is 1. The zero-order valence-corrected chi connectivity index (χ0v) is 11.1. The monoisotopic (exact) mass is 244 g/mol. The van der Waals surface area contributed by atoms with Crippen LogP contribution < -0.4 is 4.74 Å². The van der Waals surface area contributed by atoms with Gasteiger partial charge in [-0.3, -0.25) is 0 Å². The molecular formula is C15H20N2O. The van der Waals surface area contributed by atoms with Crippen LogP contribution in [0.5, 0.6) is 5.75 Å². The maximum atomic E-state index is 5.28. The molecule has 1 fully saturated rings. The summed E-state index contributed by atoms with van der Waals surface area (Å²) in [6.07, 6.45) is 4.71. The lowest BCUT2D eigenvalue weighted by Gasteiger charge is -2.30. The van der Waals surface area contributed by atoms with Crippen LogP contribution in [0.3, 0.4) is 0 Å². The summed E-state index contributed by atoms with van der Waals surface area (Å²) in [5.41, 5.74) is 1.32. The zero-order valence-electron chi connectivity index (χ0n) is 11.1. The fraction of sp³-hybridized carbons (Fsp3) is 0.467. The number of nitrogens with zero attached hydrogens (tertiary/aromatic N) is 2. The molecule has 1 aliphatic heterocycles. The van der Waals surface area contributed by atoms with Crippen molar-refractivity contribution in [1.82, 2.24) is 9.47 Å². The van der Waals surface area contributed by atoms with E-state index in [1.165, 1.54) is 36.8 Å². The molecule has 1 aromatic heterocycles. The van der Waals surface area contributed by atoms with Gasteiger partial charge in [-0.1, -0.05) is 0 Å². The minimum atomic E-state index is 0.645. The summed E-state index contributed by atoms with van der Waals surface area (Å²) in [6.45, 7) is 2.39. The normalized spacial score (nSPS) is 18.3. The van der Waals surface area contributed by atoms with Crippen molar-refractivity contribution < 1.29 is 4.74 Å². The third-order valence-corrected chi connectivity index (χ3v) is 4.01. The van der Waals surface area contributed by atoms with E-state index in [-0.39, 0.29) is 0 Å². The number of ether oxygens (including phenoxy) is 1. The summed E-state index contributed by atoms with van der Waals surface area (Å²) in [7, 11) is 3.92. The van der Waals surface area contributed by atoms with Gasteiger partial charge < -0.3 is 14.2 Å². The van der Waals surface area contributed by atoms with Crippen LogP contribution in [0.4, 0.5) is 0 Å². The molecule has 3 nitrogen and oxygen atoms in total. The van der Waals surface area contributed by atoms with E-state index in [9.17, 15) is 0 Å². The number of hydrogen-bond donors (Lipinski definition) is 0. The highest BCUT2D eigenvalue weighted by molar-refractivity contribution is 5.81. The van der Waals surface area contributed by atoms with Crippen LogP contribution in [-0.2, 0) is 0 Å². The number of fused-ring (bicyclic) bond motifs is 1. The molecule has 0 N–H and O–H groups in total. The molecule has 2 aromatic rings. The molecule has 0 spiro atoms. The number of rotatable bonds is 2. The van der Waals surface area contributed by atoms with Gasteiger partial charge in [-0.2, -0.15) is 0 Å². The Kier molecular flexibility index (Phi) is 3.00. The molecule has 0 amide bonds. The topological polar surface area (TPSA) is 17.4 Å². The van der Waals surface area contributed by atoms with Gasteiger partial charge in [-0.15, -0.1) is 0 Å². The second-order valence-corrected chi connectivity index (χ2v) is 5.18. The predicted molar refractivity (Wildman–Crippen MR) is 74.3 cm³/mol. The molecule has 0 unspecified atom stereocenters. The minimum Gasteiger partial charge on any atom is -0.497 e. The van der Waals surface area contributed by atoms with Crippen molar-refractivity contribution in [1.29, 1.82) is 0 Å². The largest absolute Gasteiger partial charge is 0.497 e. The molecule has 1 saturated heterocycles. The third-order valence-electron chi connectivity index (χ3n) is 4.01. The van der Waals surface area contributed by atoms with Crippen molar-refractivity contribution in [3.8, 4) is 5.75 Å². The van der Waals surface area contributed by atoms with Crippen molar-refractivity contribution in [2.24, 2.45) is 0 Å². The molecule has 3 rings (SSSR count). The van der Waals surface area contributed by atoms with Gasteiger partial charge in [0.2, 0.25) is 0 Å². The molecule has 0 bridgehead atoms. The van der Waals surface area contributed by atoms with Gasteiger partial charge in [0, 0.05) is 23.1 Å². The second-order valence-electron chi connectivity index (χ2n) is 5.18. The highest BCUT2D eigenvalue weighted by Gasteiger charge is 2.19. The van der Waals surface area contributed by atoms with Gasteiger partial charge in [0.15, 0.2) is 0 Å². The van der Waals surface area contributed by atoms with Crippen LogP contribution in [0.1, 0.15) is 18.9 Å². The first-order chi connectivity index (χ1) is 8.78. The van der Waals surface area contributed by atoms with E-state index in [2.05, 4.69) is 40.9 Å². The standard InChI is InChI=1S/C15H20N2O/c1-16-8-6-13(7-9-16)17-10-5-12-11-14(18-2)3-4-15(12)17/h3-5,10-11,13H,6-9H2,1-2H3. The number of methoxy groups -OCH3 is 1. The number of aromatic nitrogens is 1. The summed E-state index contributed by atoms with van der Waals surface area (Å²) < 4.78 is 7.71. The molecular weight excluding hydrogens is 224 g/mol. The molecule has 1 aromatic carbocycles. The lowest BCUT2D eigenvalue weighted by Crippen LogP contribution is -2.31. The summed E-state index contributed by atoms with van der Waals surface area (Å²) in [4.78, 5) is 2.41.